The van der Waals surface area contributed by atoms with Crippen molar-refractivity contribution >= 4 is 28.9 Å². The van der Waals surface area contributed by atoms with Gasteiger partial charge in [0.1, 0.15) is 35.8 Å². The molecular weight excluding hydrogens is 380 g/mol. The lowest BCUT2D eigenvalue weighted by Crippen LogP contribution is -2.32. The van der Waals surface area contributed by atoms with E-state index in [2.05, 4.69) is 20.2 Å². The van der Waals surface area contributed by atoms with Crippen molar-refractivity contribution in [3.05, 3.63) is 54.0 Å². The summed E-state index contributed by atoms with van der Waals surface area (Å²) in [5.74, 6) is 0.744. The molecule has 0 aliphatic carbocycles. The first-order valence-corrected chi connectivity index (χ1v) is 9.82. The van der Waals surface area contributed by atoms with Gasteiger partial charge in [-0.15, -0.1) is 11.8 Å². The molecule has 0 saturated carbocycles. The number of rotatable bonds is 6. The number of thioether (sulfide) groups is 1. The summed E-state index contributed by atoms with van der Waals surface area (Å²) in [6.45, 7) is -0.329. The van der Waals surface area contributed by atoms with Gasteiger partial charge < -0.3 is 20.1 Å². The molecule has 4 rings (SSSR count). The summed E-state index contributed by atoms with van der Waals surface area (Å²) in [4.78, 5) is 8.41. The van der Waals surface area contributed by atoms with E-state index in [1.807, 2.05) is 36.4 Å². The molecule has 4 atom stereocenters. The second-order valence-electron chi connectivity index (χ2n) is 6.45. The normalized spacial score (nSPS) is 25.1. The Morgan fingerprint density at radius 1 is 1.14 bits per heavy atom. The summed E-state index contributed by atoms with van der Waals surface area (Å²) in [7, 11) is 0. The van der Waals surface area contributed by atoms with E-state index >= 15 is 0 Å². The second-order valence-corrected chi connectivity index (χ2v) is 7.46. The van der Waals surface area contributed by atoms with E-state index in [1.54, 1.807) is 18.0 Å². The van der Waals surface area contributed by atoms with Crippen LogP contribution < -0.4 is 0 Å². The molecule has 28 heavy (non-hydrogen) atoms. The fourth-order valence-electron chi connectivity index (χ4n) is 3.14. The van der Waals surface area contributed by atoms with Crippen LogP contribution in [0.3, 0.4) is 0 Å². The lowest BCUT2D eigenvalue weighted by molar-refractivity contribution is -0.0227. The zero-order valence-electron chi connectivity index (χ0n) is 14.8. The van der Waals surface area contributed by atoms with E-state index in [0.29, 0.717) is 0 Å². The van der Waals surface area contributed by atoms with Gasteiger partial charge in [0, 0.05) is 5.75 Å². The molecule has 1 unspecified atom stereocenters. The molecule has 3 aromatic rings. The van der Waals surface area contributed by atoms with Crippen molar-refractivity contribution in [3.63, 3.8) is 0 Å². The van der Waals surface area contributed by atoms with E-state index in [1.165, 1.54) is 6.33 Å². The zero-order chi connectivity index (χ0) is 19.5. The number of aromatic amines is 1. The topological polar surface area (TPSA) is 124 Å². The van der Waals surface area contributed by atoms with Crippen molar-refractivity contribution < 1.29 is 20.1 Å². The fraction of sp³-hybridized carbons (Fsp3) is 0.316. The summed E-state index contributed by atoms with van der Waals surface area (Å²) in [6.07, 6.45) is 3.73. The molecule has 146 valence electrons. The summed E-state index contributed by atoms with van der Waals surface area (Å²) in [5.41, 5.74) is 2.49. The average Bonchev–Trinajstić information content (AvgIpc) is 3.31. The van der Waals surface area contributed by atoms with Crippen LogP contribution in [0.4, 0.5) is 0 Å². The average molecular weight is 400 g/mol. The fourth-order valence-corrected chi connectivity index (χ4v) is 3.92. The van der Waals surface area contributed by atoms with Gasteiger partial charge in [-0.25, -0.2) is 9.97 Å². The van der Waals surface area contributed by atoms with Crippen LogP contribution in [0.1, 0.15) is 17.2 Å². The van der Waals surface area contributed by atoms with Gasteiger partial charge >= 0.3 is 0 Å². The van der Waals surface area contributed by atoms with Crippen molar-refractivity contribution in [2.45, 2.75) is 29.4 Å². The summed E-state index contributed by atoms with van der Waals surface area (Å²) >= 11 is 1.60. The van der Waals surface area contributed by atoms with Crippen LogP contribution in [0.25, 0.3) is 17.1 Å². The molecule has 0 radical (unpaired) electrons. The number of hydrogen-bond acceptors (Lipinski definition) is 8. The molecular formula is C19H20N4O4S. The molecule has 2 aromatic heterocycles. The SMILES string of the molecule is OC[C@H]1OC(c2ccc(C=CCSc3ncnc4[nH]ncc34)cc2)[C@H](O)[C@@H]1O. The van der Waals surface area contributed by atoms with E-state index in [9.17, 15) is 15.3 Å². The third-order valence-corrected chi connectivity index (χ3v) is 5.60. The number of aromatic nitrogens is 4. The number of H-pyrrole nitrogens is 1. The predicted molar refractivity (Wildman–Crippen MR) is 105 cm³/mol. The van der Waals surface area contributed by atoms with Crippen LogP contribution in [0, 0.1) is 0 Å². The lowest BCUT2D eigenvalue weighted by atomic mass is 10.0. The molecule has 3 heterocycles. The molecule has 0 amide bonds. The van der Waals surface area contributed by atoms with Gasteiger partial charge in [0.2, 0.25) is 0 Å². The Kier molecular flexibility index (Phi) is 5.69. The molecule has 1 aromatic carbocycles. The highest BCUT2D eigenvalue weighted by Gasteiger charge is 2.42. The van der Waals surface area contributed by atoms with Crippen LogP contribution in [0.5, 0.6) is 0 Å². The maximum atomic E-state index is 10.1. The number of ether oxygens (including phenoxy) is 1. The third kappa shape index (κ3) is 3.80. The van der Waals surface area contributed by atoms with Crippen LogP contribution in [0.15, 0.2) is 47.9 Å². The zero-order valence-corrected chi connectivity index (χ0v) is 15.7. The van der Waals surface area contributed by atoms with Crippen LogP contribution in [0.2, 0.25) is 0 Å². The maximum Gasteiger partial charge on any atom is 0.159 e. The minimum Gasteiger partial charge on any atom is -0.394 e. The van der Waals surface area contributed by atoms with Gasteiger partial charge in [-0.05, 0) is 11.1 Å². The Morgan fingerprint density at radius 3 is 2.71 bits per heavy atom. The summed E-state index contributed by atoms with van der Waals surface area (Å²) in [5, 5.41) is 37.8. The van der Waals surface area contributed by atoms with Crippen molar-refractivity contribution in [1.29, 1.82) is 0 Å². The monoisotopic (exact) mass is 400 g/mol. The third-order valence-electron chi connectivity index (χ3n) is 4.65. The van der Waals surface area contributed by atoms with Gasteiger partial charge in [0.15, 0.2) is 5.65 Å². The number of aliphatic hydroxyl groups excluding tert-OH is 3. The van der Waals surface area contributed by atoms with E-state index in [0.717, 1.165) is 32.9 Å². The molecule has 1 aliphatic heterocycles. The predicted octanol–water partition coefficient (Wildman–Crippen LogP) is 1.31. The van der Waals surface area contributed by atoms with E-state index in [4.69, 9.17) is 4.74 Å². The van der Waals surface area contributed by atoms with Gasteiger partial charge in [0.25, 0.3) is 0 Å². The molecule has 1 aliphatic rings. The first kappa shape index (κ1) is 19.0. The minimum atomic E-state index is -1.09. The molecule has 0 spiro atoms. The molecule has 9 heteroatoms. The number of aliphatic hydroxyl groups is 3. The Labute approximate surface area is 165 Å². The van der Waals surface area contributed by atoms with Gasteiger partial charge in [-0.1, -0.05) is 36.4 Å². The van der Waals surface area contributed by atoms with Gasteiger partial charge in [-0.3, -0.25) is 5.10 Å². The Bertz CT molecular complexity index is 962. The smallest absolute Gasteiger partial charge is 0.159 e. The van der Waals surface area contributed by atoms with Crippen molar-refractivity contribution in [1.82, 2.24) is 20.2 Å². The number of nitrogens with one attached hydrogen (secondary N) is 1. The van der Waals surface area contributed by atoms with Crippen LogP contribution in [-0.2, 0) is 4.74 Å². The van der Waals surface area contributed by atoms with Gasteiger partial charge in [0.05, 0.1) is 18.2 Å². The first-order chi connectivity index (χ1) is 13.7. The van der Waals surface area contributed by atoms with Crippen LogP contribution >= 0.6 is 11.8 Å². The largest absolute Gasteiger partial charge is 0.394 e. The van der Waals surface area contributed by atoms with Crippen molar-refractivity contribution in [3.8, 4) is 0 Å². The van der Waals surface area contributed by atoms with E-state index < -0.39 is 24.4 Å². The molecule has 1 fully saturated rings. The number of benzene rings is 1. The summed E-state index contributed by atoms with van der Waals surface area (Å²) < 4.78 is 5.55. The highest BCUT2D eigenvalue weighted by Crippen LogP contribution is 2.33. The minimum absolute atomic E-state index is 0.329. The number of nitrogens with zero attached hydrogens (tertiary/aromatic N) is 3. The maximum absolute atomic E-state index is 10.1. The molecule has 0 bridgehead atoms. The highest BCUT2D eigenvalue weighted by molar-refractivity contribution is 7.99. The Morgan fingerprint density at radius 2 is 1.96 bits per heavy atom. The highest BCUT2D eigenvalue weighted by atomic mass is 32.2. The van der Waals surface area contributed by atoms with Crippen molar-refractivity contribution in [2.24, 2.45) is 0 Å². The number of fused-ring (bicyclic) bond motifs is 1. The standard InChI is InChI=1S/C19H20N4O4S/c24-9-14-15(25)16(26)17(27-14)12-5-3-11(4-6-12)2-1-7-28-19-13-8-22-23-18(13)20-10-21-19/h1-6,8,10,14-17,24-26H,7,9H2,(H,20,21,22,23)/t14-,15-,16-,17?/m1/s1. The van der Waals surface area contributed by atoms with Crippen molar-refractivity contribution in [2.75, 3.05) is 12.4 Å². The first-order valence-electron chi connectivity index (χ1n) is 8.83. The second kappa shape index (κ2) is 8.38. The molecule has 1 saturated heterocycles. The van der Waals surface area contributed by atoms with E-state index in [-0.39, 0.29) is 6.61 Å². The van der Waals surface area contributed by atoms with Gasteiger partial charge in [-0.2, -0.15) is 5.10 Å². The van der Waals surface area contributed by atoms with Crippen LogP contribution in [-0.4, -0.2) is 66.2 Å². The quantitative estimate of drug-likeness (QED) is 0.361. The Hall–Kier alpha value is -2.30. The Balaban J connectivity index is 1.36. The summed E-state index contributed by atoms with van der Waals surface area (Å²) in [6, 6.07) is 7.55. The number of hydrogen-bond donors (Lipinski definition) is 4. The molecule has 4 N–H and O–H groups in total. The lowest BCUT2D eigenvalue weighted by Gasteiger charge is -2.15. The molecule has 8 nitrogen and oxygen atoms in total.